The van der Waals surface area contributed by atoms with Crippen molar-refractivity contribution in [3.05, 3.63) is 24.3 Å². The maximum absolute atomic E-state index is 11.9. The van der Waals surface area contributed by atoms with E-state index in [0.29, 0.717) is 0 Å². The summed E-state index contributed by atoms with van der Waals surface area (Å²) in [6, 6.07) is 0. The molecule has 0 saturated carbocycles. The predicted octanol–water partition coefficient (Wildman–Crippen LogP) is 0.116. The average Bonchev–Trinajstić information content (AvgIpc) is 2.44. The normalized spacial score (nSPS) is 10.4. The number of rotatable bonds is 10. The van der Waals surface area contributed by atoms with Crippen molar-refractivity contribution in [1.82, 2.24) is 0 Å². The zero-order valence-electron chi connectivity index (χ0n) is 16.1. The molecule has 9 nitrogen and oxygen atoms in total. The first-order valence-corrected chi connectivity index (χ1v) is 8.32. The maximum Gasteiger partial charge on any atom is 2.00 e. The fraction of sp³-hybridized carbons (Fsp3) is 0.500. The zero-order chi connectivity index (χ0) is 18.9. The second kappa shape index (κ2) is 12.0. The second-order valence-electron chi connectivity index (χ2n) is 4.91. The topological polar surface area (TPSA) is 133 Å². The number of ether oxygens (including phenoxy) is 3. The molecule has 0 aromatic rings. The van der Waals surface area contributed by atoms with Crippen LogP contribution in [0.3, 0.4) is 0 Å². The van der Waals surface area contributed by atoms with Crippen molar-refractivity contribution in [3.63, 3.8) is 0 Å². The van der Waals surface area contributed by atoms with Gasteiger partial charge < -0.3 is 17.1 Å². The molecule has 0 aliphatic carbocycles. The van der Waals surface area contributed by atoms with E-state index < -0.39 is 59.5 Å². The van der Waals surface area contributed by atoms with E-state index >= 15 is 0 Å². The Kier molecular flexibility index (Phi) is 12.4. The molecule has 25 heavy (non-hydrogen) atoms. The number of carbonyl (C=O) groups excluding carboxylic acids is 3. The Morgan fingerprint density at radius 2 is 1.40 bits per heavy atom. The van der Waals surface area contributed by atoms with Crippen LogP contribution in [0.5, 0.6) is 0 Å². The minimum Gasteiger partial charge on any atom is -1.00 e. The molecule has 0 spiro atoms. The molecule has 0 amide bonds. The van der Waals surface area contributed by atoms with Gasteiger partial charge in [-0.3, -0.25) is 9.35 Å². The van der Waals surface area contributed by atoms with Crippen molar-refractivity contribution in [2.45, 2.75) is 13.8 Å². The molecule has 0 fully saturated rings. The molecule has 1 N–H and O–H groups in total. The molecule has 0 radical (unpaired) electrons. The van der Waals surface area contributed by atoms with E-state index in [1.165, 1.54) is 13.8 Å². The summed E-state index contributed by atoms with van der Waals surface area (Å²) in [5, 5.41) is 0. The molecule has 0 aromatic heterocycles. The van der Waals surface area contributed by atoms with Gasteiger partial charge in [0.05, 0.1) is 0 Å². The summed E-state index contributed by atoms with van der Waals surface area (Å²) in [4.78, 5) is 34.6. The van der Waals surface area contributed by atoms with E-state index in [4.69, 9.17) is 14.0 Å². The van der Waals surface area contributed by atoms with Gasteiger partial charge in [0.1, 0.15) is 31.5 Å². The summed E-state index contributed by atoms with van der Waals surface area (Å²) in [6.07, 6.45) is 0. The SMILES string of the molecule is C=C(C)C(=O)OCC(COC(=O)C(=C)C)C(=O)OCCS(=O)(=O)O.[H-].[H-].[Mg+2]. The van der Waals surface area contributed by atoms with Gasteiger partial charge in [0.15, 0.2) is 0 Å². The molecule has 0 aliphatic heterocycles. The zero-order valence-corrected chi connectivity index (χ0v) is 16.4. The molecule has 0 rings (SSSR count). The summed E-state index contributed by atoms with van der Waals surface area (Å²) >= 11 is 0. The van der Waals surface area contributed by atoms with Gasteiger partial charge in [0, 0.05) is 11.1 Å². The minimum atomic E-state index is -4.29. The van der Waals surface area contributed by atoms with Crippen molar-refractivity contribution in [3.8, 4) is 0 Å². The largest absolute Gasteiger partial charge is 2.00 e. The van der Waals surface area contributed by atoms with Gasteiger partial charge in [0.2, 0.25) is 0 Å². The maximum atomic E-state index is 11.9. The Morgan fingerprint density at radius 3 is 1.72 bits per heavy atom. The van der Waals surface area contributed by atoms with Crippen molar-refractivity contribution in [2.75, 3.05) is 25.6 Å². The van der Waals surface area contributed by atoms with Crippen molar-refractivity contribution < 1.29 is 44.4 Å². The quantitative estimate of drug-likeness (QED) is 0.181. The molecular formula is C14H22MgO9S. The molecule has 140 valence electrons. The van der Waals surface area contributed by atoms with Crippen molar-refractivity contribution >= 4 is 51.1 Å². The Bertz CT molecular complexity index is 604. The minimum absolute atomic E-state index is 0. The fourth-order valence-corrected chi connectivity index (χ4v) is 1.44. The van der Waals surface area contributed by atoms with E-state index in [-0.39, 0.29) is 37.1 Å². The summed E-state index contributed by atoms with van der Waals surface area (Å²) in [7, 11) is -4.29. The molecular weight excluding hydrogens is 369 g/mol. The van der Waals surface area contributed by atoms with Crippen molar-refractivity contribution in [1.29, 1.82) is 0 Å². The summed E-state index contributed by atoms with van der Waals surface area (Å²) in [5.41, 5.74) is 0.208. The molecule has 0 atom stereocenters. The number of hydrogen-bond acceptors (Lipinski definition) is 8. The van der Waals surface area contributed by atoms with Gasteiger partial charge in [-0.2, -0.15) is 8.42 Å². The van der Waals surface area contributed by atoms with E-state index in [9.17, 15) is 22.8 Å². The van der Waals surface area contributed by atoms with Crippen LogP contribution in [0, 0.1) is 5.92 Å². The van der Waals surface area contributed by atoms with E-state index in [0.717, 1.165) is 0 Å². The first kappa shape index (κ1) is 25.8. The van der Waals surface area contributed by atoms with Crippen LogP contribution in [-0.4, -0.2) is 79.5 Å². The van der Waals surface area contributed by atoms with Crippen LogP contribution < -0.4 is 0 Å². The molecule has 0 bridgehead atoms. The summed E-state index contributed by atoms with van der Waals surface area (Å²) < 4.78 is 44.0. The molecule has 0 heterocycles. The Hall–Kier alpha value is -1.43. The first-order valence-electron chi connectivity index (χ1n) is 6.71. The van der Waals surface area contributed by atoms with E-state index in [1.807, 2.05) is 0 Å². The third kappa shape index (κ3) is 12.6. The monoisotopic (exact) mass is 390 g/mol. The number of hydrogen-bond donors (Lipinski definition) is 1. The van der Waals surface area contributed by atoms with Crippen LogP contribution in [0.4, 0.5) is 0 Å². The molecule has 0 unspecified atom stereocenters. The summed E-state index contributed by atoms with van der Waals surface area (Å²) in [6.45, 7) is 8.03. The third-order valence-electron chi connectivity index (χ3n) is 2.45. The molecule has 0 aliphatic rings. The number of esters is 3. The Morgan fingerprint density at radius 1 is 1.00 bits per heavy atom. The van der Waals surface area contributed by atoms with Crippen LogP contribution >= 0.6 is 0 Å². The Labute approximate surface area is 165 Å². The molecule has 0 saturated heterocycles. The van der Waals surface area contributed by atoms with Crippen molar-refractivity contribution in [2.24, 2.45) is 5.92 Å². The van der Waals surface area contributed by atoms with Gasteiger partial charge in [-0.1, -0.05) is 13.2 Å². The fourth-order valence-electron chi connectivity index (χ4n) is 1.15. The van der Waals surface area contributed by atoms with Crippen LogP contribution in [0.25, 0.3) is 0 Å². The average molecular weight is 391 g/mol. The molecule has 11 heteroatoms. The first-order chi connectivity index (χ1) is 10.9. The van der Waals surface area contributed by atoms with Gasteiger partial charge in [-0.05, 0) is 13.8 Å². The van der Waals surface area contributed by atoms with Crippen LogP contribution in [0.2, 0.25) is 0 Å². The van der Waals surface area contributed by atoms with Gasteiger partial charge in [-0.15, -0.1) is 0 Å². The Balaban J connectivity index is -0.000000882. The smallest absolute Gasteiger partial charge is 1.00 e. The van der Waals surface area contributed by atoms with Gasteiger partial charge >= 0.3 is 41.0 Å². The van der Waals surface area contributed by atoms with Gasteiger partial charge in [0.25, 0.3) is 10.1 Å². The molecule has 0 aromatic carbocycles. The second-order valence-corrected chi connectivity index (χ2v) is 6.48. The van der Waals surface area contributed by atoms with Gasteiger partial charge in [-0.25, -0.2) is 9.59 Å². The third-order valence-corrected chi connectivity index (χ3v) is 3.13. The number of carbonyl (C=O) groups is 3. The van der Waals surface area contributed by atoms with Crippen LogP contribution in [0.15, 0.2) is 24.3 Å². The van der Waals surface area contributed by atoms with Crippen LogP contribution in [-0.2, 0) is 38.7 Å². The van der Waals surface area contributed by atoms with Crippen LogP contribution in [0.1, 0.15) is 16.7 Å². The van der Waals surface area contributed by atoms with E-state index in [2.05, 4.69) is 17.9 Å². The standard InChI is InChI=1S/C14H20O9S.Mg.2H/c1-9(2)12(15)22-7-11(8-23-13(16)10(3)4)14(17)21-5-6-24(18,19)20;;;/h11H,1,3,5-8H2,2,4H3,(H,18,19,20);;;/q;+2;2*-1. The summed E-state index contributed by atoms with van der Waals surface area (Å²) in [5.74, 6) is -4.42. The predicted molar refractivity (Wildman–Crippen MR) is 90.4 cm³/mol. The van der Waals surface area contributed by atoms with E-state index in [1.54, 1.807) is 0 Å².